The van der Waals surface area contributed by atoms with Gasteiger partial charge in [0.2, 0.25) is 5.91 Å². The SMILES string of the molecule is CCNC(=NCC(C)(C)SC)NCCC(=O)NC1CCCCC1.I. The summed E-state index contributed by atoms with van der Waals surface area (Å²) in [5.41, 5.74) is 0. The second kappa shape index (κ2) is 13.1. The highest BCUT2D eigenvalue weighted by atomic mass is 127. The van der Waals surface area contributed by atoms with Gasteiger partial charge in [0.25, 0.3) is 0 Å². The van der Waals surface area contributed by atoms with Crippen molar-refractivity contribution in [3.63, 3.8) is 0 Å². The van der Waals surface area contributed by atoms with E-state index in [1.165, 1.54) is 19.3 Å². The van der Waals surface area contributed by atoms with E-state index in [-0.39, 0.29) is 34.6 Å². The molecule has 1 aliphatic carbocycles. The van der Waals surface area contributed by atoms with E-state index in [2.05, 4.69) is 41.0 Å². The lowest BCUT2D eigenvalue weighted by atomic mass is 9.95. The average molecular weight is 470 g/mol. The molecule has 0 heterocycles. The molecule has 0 radical (unpaired) electrons. The van der Waals surface area contributed by atoms with Crippen LogP contribution in [-0.4, -0.2) is 48.5 Å². The van der Waals surface area contributed by atoms with E-state index in [1.54, 1.807) is 0 Å². The first kappa shape index (κ1) is 23.8. The van der Waals surface area contributed by atoms with Crippen molar-refractivity contribution in [1.29, 1.82) is 0 Å². The van der Waals surface area contributed by atoms with Gasteiger partial charge in [-0.15, -0.1) is 24.0 Å². The van der Waals surface area contributed by atoms with Crippen LogP contribution in [0.3, 0.4) is 0 Å². The molecule has 7 heteroatoms. The van der Waals surface area contributed by atoms with Gasteiger partial charge < -0.3 is 16.0 Å². The molecule has 0 unspecified atom stereocenters. The molecule has 1 aliphatic rings. The van der Waals surface area contributed by atoms with E-state index < -0.39 is 0 Å². The highest BCUT2D eigenvalue weighted by molar-refractivity contribution is 14.0. The fourth-order valence-corrected chi connectivity index (χ4v) is 2.71. The number of hydrogen-bond donors (Lipinski definition) is 3. The quantitative estimate of drug-likeness (QED) is 0.290. The molecular formula is C17H35IN4OS. The maximum Gasteiger partial charge on any atom is 0.221 e. The Bertz CT molecular complexity index is 385. The molecule has 1 fully saturated rings. The number of thioether (sulfide) groups is 1. The van der Waals surface area contributed by atoms with Gasteiger partial charge in [0, 0.05) is 30.3 Å². The summed E-state index contributed by atoms with van der Waals surface area (Å²) in [6.07, 6.45) is 8.65. The van der Waals surface area contributed by atoms with Crippen LogP contribution in [0.4, 0.5) is 0 Å². The maximum atomic E-state index is 12.0. The van der Waals surface area contributed by atoms with E-state index in [1.807, 2.05) is 18.7 Å². The number of hydrogen-bond acceptors (Lipinski definition) is 3. The van der Waals surface area contributed by atoms with Crippen LogP contribution in [0.1, 0.15) is 59.3 Å². The summed E-state index contributed by atoms with van der Waals surface area (Å²) in [5, 5.41) is 9.63. The molecule has 0 aromatic rings. The van der Waals surface area contributed by atoms with Crippen molar-refractivity contribution < 1.29 is 4.79 Å². The zero-order valence-corrected chi connectivity index (χ0v) is 18.8. The molecule has 0 atom stereocenters. The van der Waals surface area contributed by atoms with Crippen LogP contribution in [-0.2, 0) is 4.79 Å². The largest absolute Gasteiger partial charge is 0.357 e. The minimum Gasteiger partial charge on any atom is -0.357 e. The Hall–Kier alpha value is -0.180. The minimum atomic E-state index is 0. The summed E-state index contributed by atoms with van der Waals surface area (Å²) < 4.78 is 0.126. The normalized spacial score (nSPS) is 16.2. The molecule has 1 amide bonds. The van der Waals surface area contributed by atoms with Crippen molar-refractivity contribution in [3.05, 3.63) is 0 Å². The van der Waals surface area contributed by atoms with Gasteiger partial charge in [-0.25, -0.2) is 0 Å². The summed E-state index contributed by atoms with van der Waals surface area (Å²) in [4.78, 5) is 16.6. The van der Waals surface area contributed by atoms with Crippen molar-refractivity contribution in [2.45, 2.75) is 70.1 Å². The predicted octanol–water partition coefficient (Wildman–Crippen LogP) is 3.14. The van der Waals surface area contributed by atoms with Crippen molar-refractivity contribution in [3.8, 4) is 0 Å². The fraction of sp³-hybridized carbons (Fsp3) is 0.882. The summed E-state index contributed by atoms with van der Waals surface area (Å²) in [6, 6.07) is 0.389. The standard InChI is InChI=1S/C17H34N4OS.HI/c1-5-18-16(20-13-17(2,3)23-4)19-12-11-15(22)21-14-9-7-6-8-10-14;/h14H,5-13H2,1-4H3,(H,21,22)(H2,18,19,20);1H. The maximum absolute atomic E-state index is 12.0. The van der Waals surface area contributed by atoms with Crippen LogP contribution in [0.15, 0.2) is 4.99 Å². The zero-order valence-electron chi connectivity index (χ0n) is 15.6. The number of rotatable bonds is 8. The summed E-state index contributed by atoms with van der Waals surface area (Å²) in [5.74, 6) is 0.935. The number of nitrogens with zero attached hydrogens (tertiary/aromatic N) is 1. The zero-order chi connectivity index (χ0) is 17.1. The molecule has 0 saturated heterocycles. The lowest BCUT2D eigenvalue weighted by Gasteiger charge is -2.23. The van der Waals surface area contributed by atoms with Gasteiger partial charge in [0.15, 0.2) is 5.96 Å². The fourth-order valence-electron chi connectivity index (χ4n) is 2.52. The average Bonchev–Trinajstić information content (AvgIpc) is 2.53. The summed E-state index contributed by atoms with van der Waals surface area (Å²) in [7, 11) is 0. The minimum absolute atomic E-state index is 0. The molecule has 1 rings (SSSR count). The second-order valence-electron chi connectivity index (χ2n) is 6.74. The molecule has 0 aromatic carbocycles. The van der Waals surface area contributed by atoms with Crippen molar-refractivity contribution >= 4 is 47.6 Å². The van der Waals surface area contributed by atoms with E-state index in [9.17, 15) is 4.79 Å². The first-order valence-electron chi connectivity index (χ1n) is 8.83. The Morgan fingerprint density at radius 2 is 1.88 bits per heavy atom. The number of nitrogens with one attached hydrogen (secondary N) is 3. The molecule has 0 spiro atoms. The summed E-state index contributed by atoms with van der Waals surface area (Å²) >= 11 is 1.81. The molecule has 24 heavy (non-hydrogen) atoms. The first-order chi connectivity index (χ1) is 11.0. The van der Waals surface area contributed by atoms with Crippen LogP contribution < -0.4 is 16.0 Å². The second-order valence-corrected chi connectivity index (χ2v) is 8.25. The Balaban J connectivity index is 0.00000529. The highest BCUT2D eigenvalue weighted by Crippen LogP contribution is 2.21. The van der Waals surface area contributed by atoms with Crippen LogP contribution >= 0.6 is 35.7 Å². The van der Waals surface area contributed by atoms with Gasteiger partial charge in [0.05, 0.1) is 6.54 Å². The van der Waals surface area contributed by atoms with Crippen LogP contribution in [0.5, 0.6) is 0 Å². The molecule has 0 bridgehead atoms. The molecular weight excluding hydrogens is 435 g/mol. The number of guanidine groups is 1. The third-order valence-corrected chi connectivity index (χ3v) is 5.36. The molecule has 0 aliphatic heterocycles. The highest BCUT2D eigenvalue weighted by Gasteiger charge is 2.16. The monoisotopic (exact) mass is 470 g/mol. The van der Waals surface area contributed by atoms with Crippen molar-refractivity contribution in [2.24, 2.45) is 4.99 Å². The third kappa shape index (κ3) is 10.6. The van der Waals surface area contributed by atoms with E-state index in [4.69, 9.17) is 0 Å². The van der Waals surface area contributed by atoms with Crippen LogP contribution in [0.25, 0.3) is 0 Å². The van der Waals surface area contributed by atoms with E-state index in [0.29, 0.717) is 19.0 Å². The molecule has 3 N–H and O–H groups in total. The number of aliphatic imine (C=N–C) groups is 1. The number of amides is 1. The summed E-state index contributed by atoms with van der Waals surface area (Å²) in [6.45, 7) is 8.60. The van der Waals surface area contributed by atoms with E-state index >= 15 is 0 Å². The Morgan fingerprint density at radius 1 is 1.21 bits per heavy atom. The molecule has 142 valence electrons. The molecule has 1 saturated carbocycles. The van der Waals surface area contributed by atoms with Crippen molar-refractivity contribution in [2.75, 3.05) is 25.9 Å². The molecule has 5 nitrogen and oxygen atoms in total. The van der Waals surface area contributed by atoms with Gasteiger partial charge >= 0.3 is 0 Å². The molecule has 0 aromatic heterocycles. The third-order valence-electron chi connectivity index (χ3n) is 4.13. The number of carbonyl (C=O) groups is 1. The predicted molar refractivity (Wildman–Crippen MR) is 117 cm³/mol. The number of carbonyl (C=O) groups excluding carboxylic acids is 1. The Kier molecular flexibility index (Phi) is 13.0. The lowest BCUT2D eigenvalue weighted by Crippen LogP contribution is -2.41. The first-order valence-corrected chi connectivity index (χ1v) is 10.1. The smallest absolute Gasteiger partial charge is 0.221 e. The van der Waals surface area contributed by atoms with Gasteiger partial charge in [-0.2, -0.15) is 11.8 Å². The Labute approximate surface area is 169 Å². The van der Waals surface area contributed by atoms with Gasteiger partial charge in [-0.1, -0.05) is 19.3 Å². The van der Waals surface area contributed by atoms with Gasteiger partial charge in [-0.3, -0.25) is 9.79 Å². The lowest BCUT2D eigenvalue weighted by molar-refractivity contribution is -0.121. The van der Waals surface area contributed by atoms with E-state index in [0.717, 1.165) is 31.9 Å². The topological polar surface area (TPSA) is 65.5 Å². The number of halogens is 1. The van der Waals surface area contributed by atoms with Crippen LogP contribution in [0.2, 0.25) is 0 Å². The Morgan fingerprint density at radius 3 is 2.46 bits per heavy atom. The van der Waals surface area contributed by atoms with Gasteiger partial charge in [0.1, 0.15) is 0 Å². The van der Waals surface area contributed by atoms with Gasteiger partial charge in [-0.05, 0) is 39.9 Å². The van der Waals surface area contributed by atoms with Crippen LogP contribution in [0, 0.1) is 0 Å². The van der Waals surface area contributed by atoms with Crippen molar-refractivity contribution in [1.82, 2.24) is 16.0 Å².